The number of aromatic nitrogens is 3. The molecule has 4 rings (SSSR count). The number of ether oxygens (including phenoxy) is 1. The predicted octanol–water partition coefficient (Wildman–Crippen LogP) is 3.71. The van der Waals surface area contributed by atoms with Crippen molar-refractivity contribution >= 4 is 27.6 Å². The first-order valence-corrected chi connectivity index (χ1v) is 11.7. The fourth-order valence-corrected chi connectivity index (χ4v) is 4.00. The van der Waals surface area contributed by atoms with E-state index in [1.54, 1.807) is 30.3 Å². The molecule has 34 heavy (non-hydrogen) atoms. The second-order valence-electron chi connectivity index (χ2n) is 7.28. The standard InChI is InChI=1S/C23H21N5O5S/c1-15-21(16(2)33-27-15)14-32-19-6-3-5-17(13-19)22(29)26-18-7-9-20(10-8-18)34(30,31)28-23-24-11-4-12-25-23/h3-13H,14H2,1-2H3,(H,26,29)(H,24,25,28). The van der Waals surface area contributed by atoms with Gasteiger partial charge < -0.3 is 14.6 Å². The maximum Gasteiger partial charge on any atom is 0.264 e. The Bertz CT molecular complexity index is 1380. The number of rotatable bonds is 8. The van der Waals surface area contributed by atoms with Gasteiger partial charge in [-0.15, -0.1) is 0 Å². The Hall–Kier alpha value is -4.25. The molecular formula is C23H21N5O5S. The quantitative estimate of drug-likeness (QED) is 0.390. The molecule has 0 radical (unpaired) electrons. The summed E-state index contributed by atoms with van der Waals surface area (Å²) in [5.41, 5.74) is 2.43. The molecular weight excluding hydrogens is 458 g/mol. The van der Waals surface area contributed by atoms with E-state index in [1.165, 1.54) is 36.7 Å². The van der Waals surface area contributed by atoms with Gasteiger partial charge in [0.1, 0.15) is 18.1 Å². The SMILES string of the molecule is Cc1noc(C)c1COc1cccc(C(=O)Nc2ccc(S(=O)(=O)Nc3ncccn3)cc2)c1. The van der Waals surface area contributed by atoms with Crippen LogP contribution < -0.4 is 14.8 Å². The maximum atomic E-state index is 12.7. The summed E-state index contributed by atoms with van der Waals surface area (Å²) in [5.74, 6) is 0.803. The summed E-state index contributed by atoms with van der Waals surface area (Å²) >= 11 is 0. The highest BCUT2D eigenvalue weighted by atomic mass is 32.2. The number of anilines is 2. The Morgan fingerprint density at radius 2 is 1.76 bits per heavy atom. The van der Waals surface area contributed by atoms with Gasteiger partial charge in [0.2, 0.25) is 5.95 Å². The molecule has 4 aromatic rings. The largest absolute Gasteiger partial charge is 0.489 e. The summed E-state index contributed by atoms with van der Waals surface area (Å²) in [7, 11) is -3.86. The highest BCUT2D eigenvalue weighted by molar-refractivity contribution is 7.92. The first kappa shape index (κ1) is 22.9. The van der Waals surface area contributed by atoms with Gasteiger partial charge in [0.15, 0.2) is 0 Å². The molecule has 2 aromatic carbocycles. The fraction of sp³-hybridized carbons (Fsp3) is 0.130. The zero-order valence-corrected chi connectivity index (χ0v) is 19.2. The Morgan fingerprint density at radius 3 is 2.44 bits per heavy atom. The first-order chi connectivity index (χ1) is 16.3. The normalized spacial score (nSPS) is 11.1. The summed E-state index contributed by atoms with van der Waals surface area (Å²) in [6.45, 7) is 3.91. The molecule has 0 saturated carbocycles. The van der Waals surface area contributed by atoms with Crippen LogP contribution in [-0.2, 0) is 16.6 Å². The van der Waals surface area contributed by atoms with Crippen LogP contribution in [0.3, 0.4) is 0 Å². The molecule has 0 spiro atoms. The minimum atomic E-state index is -3.86. The van der Waals surface area contributed by atoms with Crippen molar-refractivity contribution in [1.29, 1.82) is 0 Å². The molecule has 10 nitrogen and oxygen atoms in total. The van der Waals surface area contributed by atoms with E-state index in [1.807, 2.05) is 13.8 Å². The zero-order chi connectivity index (χ0) is 24.1. The molecule has 0 aliphatic rings. The summed E-state index contributed by atoms with van der Waals surface area (Å²) in [4.78, 5) is 20.4. The highest BCUT2D eigenvalue weighted by Gasteiger charge is 2.16. The van der Waals surface area contributed by atoms with Crippen molar-refractivity contribution < 1.29 is 22.5 Å². The Balaban J connectivity index is 1.40. The lowest BCUT2D eigenvalue weighted by atomic mass is 10.2. The summed E-state index contributed by atoms with van der Waals surface area (Å²) in [6.07, 6.45) is 2.86. The van der Waals surface area contributed by atoms with Crippen molar-refractivity contribution in [2.24, 2.45) is 0 Å². The van der Waals surface area contributed by atoms with Gasteiger partial charge in [-0.1, -0.05) is 11.2 Å². The molecule has 0 unspecified atom stereocenters. The number of hydrogen-bond donors (Lipinski definition) is 2. The lowest BCUT2D eigenvalue weighted by Gasteiger charge is -2.10. The number of nitrogens with one attached hydrogen (secondary N) is 2. The van der Waals surface area contributed by atoms with Gasteiger partial charge >= 0.3 is 0 Å². The van der Waals surface area contributed by atoms with E-state index >= 15 is 0 Å². The average Bonchev–Trinajstić information content (AvgIpc) is 3.15. The van der Waals surface area contributed by atoms with Crippen LogP contribution in [0.5, 0.6) is 5.75 Å². The minimum Gasteiger partial charge on any atom is -0.489 e. The van der Waals surface area contributed by atoms with Crippen molar-refractivity contribution in [3.8, 4) is 5.75 Å². The number of aryl methyl sites for hydroxylation is 2. The number of benzene rings is 2. The van der Waals surface area contributed by atoms with E-state index in [4.69, 9.17) is 9.26 Å². The van der Waals surface area contributed by atoms with E-state index in [2.05, 4.69) is 25.2 Å². The van der Waals surface area contributed by atoms with Gasteiger partial charge in [0, 0.05) is 23.6 Å². The Labute approximate surface area is 196 Å². The van der Waals surface area contributed by atoms with Crippen molar-refractivity contribution in [2.45, 2.75) is 25.3 Å². The monoisotopic (exact) mass is 479 g/mol. The van der Waals surface area contributed by atoms with Gasteiger partial charge in [0.25, 0.3) is 15.9 Å². The summed E-state index contributed by atoms with van der Waals surface area (Å²) in [6, 6.07) is 14.1. The molecule has 2 N–H and O–H groups in total. The number of sulfonamides is 1. The van der Waals surface area contributed by atoms with Crippen LogP contribution in [0.15, 0.2) is 76.4 Å². The molecule has 1 amide bonds. The van der Waals surface area contributed by atoms with E-state index < -0.39 is 10.0 Å². The summed E-state index contributed by atoms with van der Waals surface area (Å²) in [5, 5.41) is 6.64. The first-order valence-electron chi connectivity index (χ1n) is 10.2. The van der Waals surface area contributed by atoms with Crippen LogP contribution in [0.25, 0.3) is 0 Å². The molecule has 0 aliphatic carbocycles. The number of nitrogens with zero attached hydrogens (tertiary/aromatic N) is 3. The highest BCUT2D eigenvalue weighted by Crippen LogP contribution is 2.20. The van der Waals surface area contributed by atoms with Crippen LogP contribution in [0.1, 0.15) is 27.4 Å². The van der Waals surface area contributed by atoms with Crippen LogP contribution in [0, 0.1) is 13.8 Å². The Morgan fingerprint density at radius 1 is 1.03 bits per heavy atom. The van der Waals surface area contributed by atoms with Crippen molar-refractivity contribution in [3.63, 3.8) is 0 Å². The molecule has 0 aliphatic heterocycles. The van der Waals surface area contributed by atoms with Crippen molar-refractivity contribution in [3.05, 3.63) is 89.6 Å². The summed E-state index contributed by atoms with van der Waals surface area (Å²) < 4.78 is 38.2. The third-order valence-corrected chi connectivity index (χ3v) is 6.22. The predicted molar refractivity (Wildman–Crippen MR) is 124 cm³/mol. The number of hydrogen-bond acceptors (Lipinski definition) is 8. The molecule has 11 heteroatoms. The molecule has 2 aromatic heterocycles. The molecule has 0 atom stereocenters. The molecule has 174 valence electrons. The van der Waals surface area contributed by atoms with Crippen molar-refractivity contribution in [2.75, 3.05) is 10.0 Å². The van der Waals surface area contributed by atoms with Gasteiger partial charge in [-0.2, -0.15) is 0 Å². The topological polar surface area (TPSA) is 136 Å². The number of carbonyl (C=O) groups is 1. The third kappa shape index (κ3) is 5.38. The van der Waals surface area contributed by atoms with Crippen molar-refractivity contribution in [1.82, 2.24) is 15.1 Å². The van der Waals surface area contributed by atoms with Crippen LogP contribution in [-0.4, -0.2) is 29.4 Å². The minimum absolute atomic E-state index is 0.00710. The van der Waals surface area contributed by atoms with E-state index in [0.29, 0.717) is 22.8 Å². The molecule has 0 saturated heterocycles. The molecule has 0 fully saturated rings. The van der Waals surface area contributed by atoms with Gasteiger partial charge in [-0.05, 0) is 62.4 Å². The smallest absolute Gasteiger partial charge is 0.264 e. The second kappa shape index (κ2) is 9.71. The zero-order valence-electron chi connectivity index (χ0n) is 18.3. The number of carbonyl (C=O) groups excluding carboxylic acids is 1. The van der Waals surface area contributed by atoms with Crippen LogP contribution in [0.2, 0.25) is 0 Å². The van der Waals surface area contributed by atoms with E-state index in [0.717, 1.165) is 11.3 Å². The number of amides is 1. The van der Waals surface area contributed by atoms with Gasteiger partial charge in [0.05, 0.1) is 16.2 Å². The van der Waals surface area contributed by atoms with E-state index in [-0.39, 0.29) is 23.4 Å². The average molecular weight is 480 g/mol. The molecule has 2 heterocycles. The Kier molecular flexibility index (Phi) is 6.55. The van der Waals surface area contributed by atoms with Crippen LogP contribution >= 0.6 is 0 Å². The molecule has 0 bridgehead atoms. The third-order valence-electron chi connectivity index (χ3n) is 4.87. The van der Waals surface area contributed by atoms with Crippen LogP contribution in [0.4, 0.5) is 11.6 Å². The lowest BCUT2D eigenvalue weighted by Crippen LogP contribution is -2.15. The van der Waals surface area contributed by atoms with Gasteiger partial charge in [-0.3, -0.25) is 4.79 Å². The maximum absolute atomic E-state index is 12.7. The lowest BCUT2D eigenvalue weighted by molar-refractivity contribution is 0.102. The van der Waals surface area contributed by atoms with E-state index in [9.17, 15) is 13.2 Å². The fourth-order valence-electron chi connectivity index (χ4n) is 3.04. The van der Waals surface area contributed by atoms with Gasteiger partial charge in [-0.25, -0.2) is 23.1 Å². The second-order valence-corrected chi connectivity index (χ2v) is 8.96.